The van der Waals surface area contributed by atoms with E-state index >= 15 is 0 Å². The van der Waals surface area contributed by atoms with Gasteiger partial charge in [0, 0.05) is 23.1 Å². The zero-order valence-corrected chi connectivity index (χ0v) is 20.3. The van der Waals surface area contributed by atoms with Crippen LogP contribution in [0.2, 0.25) is 0 Å². The van der Waals surface area contributed by atoms with Gasteiger partial charge in [-0.25, -0.2) is 9.53 Å². The summed E-state index contributed by atoms with van der Waals surface area (Å²) in [7, 11) is 0. The molecule has 0 radical (unpaired) electrons. The molecule has 36 heavy (non-hydrogen) atoms. The van der Waals surface area contributed by atoms with Crippen LogP contribution in [0.5, 0.6) is 0 Å². The van der Waals surface area contributed by atoms with Crippen LogP contribution in [0, 0.1) is 18.4 Å². The predicted octanol–water partition coefficient (Wildman–Crippen LogP) is 6.44. The van der Waals surface area contributed by atoms with Crippen LogP contribution in [0.3, 0.4) is 0 Å². The Morgan fingerprint density at radius 2 is 1.72 bits per heavy atom. The number of rotatable bonds is 3. The third-order valence-electron chi connectivity index (χ3n) is 7.92. The molecule has 2 aromatic heterocycles. The van der Waals surface area contributed by atoms with Gasteiger partial charge < -0.3 is 4.79 Å². The van der Waals surface area contributed by atoms with Crippen molar-refractivity contribution in [3.05, 3.63) is 113 Å². The summed E-state index contributed by atoms with van der Waals surface area (Å²) in [6.07, 6.45) is 5.38. The van der Waals surface area contributed by atoms with E-state index in [1.54, 1.807) is 0 Å². The first-order valence-corrected chi connectivity index (χ1v) is 12.4. The lowest BCUT2D eigenvalue weighted by molar-refractivity contribution is -0.121. The Morgan fingerprint density at radius 3 is 2.42 bits per heavy atom. The lowest BCUT2D eigenvalue weighted by atomic mass is 9.58. The molecule has 0 saturated heterocycles. The van der Waals surface area contributed by atoms with Gasteiger partial charge in [-0.15, -0.1) is 0 Å². The Bertz CT molecular complexity index is 1530. The quantitative estimate of drug-likeness (QED) is 0.324. The van der Waals surface area contributed by atoms with Gasteiger partial charge in [0.2, 0.25) is 5.70 Å². The summed E-state index contributed by atoms with van der Waals surface area (Å²) in [6, 6.07) is 24.7. The maximum Gasteiger partial charge on any atom is 0.226 e. The Hall–Kier alpha value is -4.30. The predicted molar refractivity (Wildman–Crippen MR) is 140 cm³/mol. The van der Waals surface area contributed by atoms with Crippen LogP contribution in [0.15, 0.2) is 90.8 Å². The van der Waals surface area contributed by atoms with E-state index < -0.39 is 5.41 Å². The Labute approximate surface area is 211 Å². The number of pyridine rings is 1. The second kappa shape index (κ2) is 8.42. The van der Waals surface area contributed by atoms with Crippen LogP contribution in [0.25, 0.3) is 33.0 Å². The average molecular weight is 471 g/mol. The molecule has 0 spiro atoms. The zero-order chi connectivity index (χ0) is 24.9. The van der Waals surface area contributed by atoms with Crippen molar-refractivity contribution in [2.45, 2.75) is 32.1 Å². The van der Waals surface area contributed by atoms with E-state index in [0.29, 0.717) is 0 Å². The highest BCUT2D eigenvalue weighted by Gasteiger charge is 2.50. The number of Topliss-reactive ketones (excluding diaryl/α,β-unsaturated/α-hetero) is 1. The van der Waals surface area contributed by atoms with Crippen molar-refractivity contribution < 1.29 is 4.79 Å². The highest BCUT2D eigenvalue weighted by molar-refractivity contribution is 6.00. The summed E-state index contributed by atoms with van der Waals surface area (Å²) in [5, 5.41) is 5.20. The van der Waals surface area contributed by atoms with Gasteiger partial charge in [-0.3, -0.25) is 4.98 Å². The maximum absolute atomic E-state index is 12.8. The molecule has 3 atom stereocenters. The number of hydrogen-bond acceptors (Lipinski definition) is 3. The summed E-state index contributed by atoms with van der Waals surface area (Å²) >= 11 is 0. The normalized spacial score (nSPS) is 22.8. The molecule has 2 aromatic carbocycles. The highest BCUT2D eigenvalue weighted by atomic mass is 16.1. The van der Waals surface area contributed by atoms with Crippen molar-refractivity contribution in [2.75, 3.05) is 0 Å². The highest BCUT2D eigenvalue weighted by Crippen LogP contribution is 2.51. The lowest BCUT2D eigenvalue weighted by Crippen LogP contribution is -2.45. The molecule has 0 unspecified atom stereocenters. The van der Waals surface area contributed by atoms with Gasteiger partial charge in [0.25, 0.3) is 0 Å². The molecule has 176 valence electrons. The molecule has 2 heterocycles. The SMILES string of the molecule is [C-]#[N+]C1=C[C@@]2(C)c3nn(-c4ccc(-c5ccccc5)cc4)c(-c4ccccn4)c3CC[C@@H]2[C@@H](C)C1=O. The fraction of sp³-hybridized carbons (Fsp3) is 0.226. The molecule has 0 amide bonds. The van der Waals surface area contributed by atoms with Gasteiger partial charge in [-0.1, -0.05) is 68.5 Å². The maximum atomic E-state index is 12.8. The van der Waals surface area contributed by atoms with Crippen molar-refractivity contribution >= 4 is 5.78 Å². The van der Waals surface area contributed by atoms with E-state index in [1.165, 1.54) is 5.56 Å². The van der Waals surface area contributed by atoms with Crippen molar-refractivity contribution in [1.29, 1.82) is 0 Å². The Morgan fingerprint density at radius 1 is 1.00 bits per heavy atom. The van der Waals surface area contributed by atoms with E-state index in [-0.39, 0.29) is 23.3 Å². The van der Waals surface area contributed by atoms with E-state index in [2.05, 4.69) is 53.2 Å². The number of benzene rings is 2. The smallest absolute Gasteiger partial charge is 0.226 e. The minimum Gasteiger partial charge on any atom is -0.308 e. The molecule has 0 fully saturated rings. The summed E-state index contributed by atoms with van der Waals surface area (Å²) in [5.41, 5.74) is 6.98. The third kappa shape index (κ3) is 3.33. The van der Waals surface area contributed by atoms with Crippen molar-refractivity contribution in [3.8, 4) is 28.2 Å². The Kier molecular flexibility index (Phi) is 5.19. The standard InChI is InChI=1S/C31H26N4O/c1-20-25-17-16-24-28(26-11-7-8-18-33-26)35(34-30(24)31(25,2)19-27(32-3)29(20)36)23-14-12-22(13-15-23)21-9-5-4-6-10-21/h4-15,18-20,25H,16-17H2,1-2H3/t20-,25-,31-/m1/s1. The van der Waals surface area contributed by atoms with Gasteiger partial charge >= 0.3 is 0 Å². The number of nitrogens with zero attached hydrogens (tertiary/aromatic N) is 4. The molecule has 0 bridgehead atoms. The van der Waals surface area contributed by atoms with Gasteiger partial charge in [-0.05, 0) is 54.2 Å². The second-order valence-corrected chi connectivity index (χ2v) is 9.94. The summed E-state index contributed by atoms with van der Waals surface area (Å²) in [5.74, 6) is -0.133. The van der Waals surface area contributed by atoms with Crippen LogP contribution >= 0.6 is 0 Å². The molecule has 0 saturated carbocycles. The number of hydrogen-bond donors (Lipinski definition) is 0. The number of aromatic nitrogens is 3. The molecule has 6 rings (SSSR count). The molecule has 2 aliphatic carbocycles. The zero-order valence-electron chi connectivity index (χ0n) is 20.3. The average Bonchev–Trinajstić information content (AvgIpc) is 3.33. The van der Waals surface area contributed by atoms with E-state index in [9.17, 15) is 4.79 Å². The van der Waals surface area contributed by atoms with Crippen LogP contribution < -0.4 is 0 Å². The molecule has 5 heteroatoms. The summed E-state index contributed by atoms with van der Waals surface area (Å²) in [4.78, 5) is 21.1. The molecule has 0 N–H and O–H groups in total. The minimum absolute atomic E-state index is 0.0446. The first-order valence-electron chi connectivity index (χ1n) is 12.4. The minimum atomic E-state index is -0.487. The number of carbonyl (C=O) groups excluding carboxylic acids is 1. The fourth-order valence-electron chi connectivity index (χ4n) is 6.08. The fourth-order valence-corrected chi connectivity index (χ4v) is 6.08. The third-order valence-corrected chi connectivity index (χ3v) is 7.92. The lowest BCUT2D eigenvalue weighted by Gasteiger charge is -2.44. The second-order valence-electron chi connectivity index (χ2n) is 9.94. The van der Waals surface area contributed by atoms with Crippen LogP contribution in [-0.2, 0) is 16.6 Å². The Balaban J connectivity index is 1.55. The number of carbonyl (C=O) groups is 1. The first kappa shape index (κ1) is 22.2. The van der Waals surface area contributed by atoms with Gasteiger partial charge in [0.15, 0.2) is 5.78 Å². The van der Waals surface area contributed by atoms with E-state index in [0.717, 1.165) is 46.7 Å². The molecular formula is C31H26N4O. The number of fused-ring (bicyclic) bond motifs is 3. The van der Waals surface area contributed by atoms with Crippen LogP contribution in [-0.4, -0.2) is 20.5 Å². The summed E-state index contributed by atoms with van der Waals surface area (Å²) in [6.45, 7) is 11.7. The first-order chi connectivity index (χ1) is 17.5. The molecule has 5 nitrogen and oxygen atoms in total. The van der Waals surface area contributed by atoms with Gasteiger partial charge in [0.1, 0.15) is 0 Å². The van der Waals surface area contributed by atoms with Crippen molar-refractivity contribution in [2.24, 2.45) is 11.8 Å². The number of allylic oxidation sites excluding steroid dienone is 2. The van der Waals surface area contributed by atoms with E-state index in [1.807, 2.05) is 60.3 Å². The van der Waals surface area contributed by atoms with Gasteiger partial charge in [-0.2, -0.15) is 5.10 Å². The van der Waals surface area contributed by atoms with E-state index in [4.69, 9.17) is 11.7 Å². The largest absolute Gasteiger partial charge is 0.308 e. The van der Waals surface area contributed by atoms with Gasteiger partial charge in [0.05, 0.1) is 29.3 Å². The van der Waals surface area contributed by atoms with Crippen molar-refractivity contribution in [3.63, 3.8) is 0 Å². The monoisotopic (exact) mass is 470 g/mol. The summed E-state index contributed by atoms with van der Waals surface area (Å²) < 4.78 is 2.00. The number of ketones is 1. The molecule has 2 aliphatic rings. The van der Waals surface area contributed by atoms with Crippen LogP contribution in [0.1, 0.15) is 31.5 Å². The molecule has 4 aromatic rings. The van der Waals surface area contributed by atoms with Crippen molar-refractivity contribution in [1.82, 2.24) is 14.8 Å². The van der Waals surface area contributed by atoms with Crippen LogP contribution in [0.4, 0.5) is 0 Å². The molecule has 0 aliphatic heterocycles. The molecular weight excluding hydrogens is 444 g/mol. The topological polar surface area (TPSA) is 52.1 Å².